The molecule has 2 aliphatic rings. The minimum absolute atomic E-state index is 0.825. The van der Waals surface area contributed by atoms with Gasteiger partial charge in [-0.05, 0) is 62.9 Å². The van der Waals surface area contributed by atoms with E-state index < -0.39 is 0 Å². The van der Waals surface area contributed by atoms with Crippen molar-refractivity contribution in [1.29, 1.82) is 0 Å². The number of hydrogen-bond acceptors (Lipinski definition) is 3. The normalized spacial score (nSPS) is 20.6. The number of likely N-dealkylation sites (N-methyl/N-ethyl adjacent to an activating group) is 1. The van der Waals surface area contributed by atoms with Crippen molar-refractivity contribution >= 4 is 0 Å². The Hall–Kier alpha value is -1.06. The molecule has 0 atom stereocenters. The minimum Gasteiger partial charge on any atom is -0.493 e. The fourth-order valence-electron chi connectivity index (χ4n) is 2.87. The second-order valence-corrected chi connectivity index (χ2v) is 6.65. The van der Waals surface area contributed by atoms with Gasteiger partial charge < -0.3 is 14.5 Å². The molecule has 21 heavy (non-hydrogen) atoms. The molecule has 0 spiro atoms. The lowest BCUT2D eigenvalue weighted by Gasteiger charge is -2.32. The van der Waals surface area contributed by atoms with Crippen LogP contribution in [-0.2, 0) is 6.42 Å². The fourth-order valence-corrected chi connectivity index (χ4v) is 2.87. The zero-order chi connectivity index (χ0) is 14.5. The molecule has 2 fully saturated rings. The summed E-state index contributed by atoms with van der Waals surface area (Å²) >= 11 is 0. The zero-order valence-electron chi connectivity index (χ0n) is 13.3. The molecule has 1 heterocycles. The van der Waals surface area contributed by atoms with Gasteiger partial charge in [-0.1, -0.05) is 12.1 Å². The van der Waals surface area contributed by atoms with Gasteiger partial charge in [0.15, 0.2) is 0 Å². The van der Waals surface area contributed by atoms with E-state index in [1.165, 1.54) is 57.5 Å². The standard InChI is InChI=1S/C18H28N2O/c1-19-10-12-20(13-11-19)9-3-5-16-4-2-6-18(14-16)21-15-17-7-8-17/h2,4,6,14,17H,3,5,7-13,15H2,1H3. The smallest absolute Gasteiger partial charge is 0.119 e. The average Bonchev–Trinajstić information content (AvgIpc) is 3.32. The van der Waals surface area contributed by atoms with Crippen LogP contribution in [-0.4, -0.2) is 56.2 Å². The number of benzene rings is 1. The van der Waals surface area contributed by atoms with Gasteiger partial charge in [0.1, 0.15) is 5.75 Å². The molecule has 1 aromatic carbocycles. The van der Waals surface area contributed by atoms with Crippen molar-refractivity contribution in [2.45, 2.75) is 25.7 Å². The highest BCUT2D eigenvalue weighted by Gasteiger charge is 2.21. The Morgan fingerprint density at radius 2 is 1.95 bits per heavy atom. The number of nitrogens with zero attached hydrogens (tertiary/aromatic N) is 2. The summed E-state index contributed by atoms with van der Waals surface area (Å²) in [6.07, 6.45) is 5.11. The van der Waals surface area contributed by atoms with E-state index in [1.807, 2.05) is 0 Å². The third-order valence-corrected chi connectivity index (χ3v) is 4.62. The zero-order valence-corrected chi connectivity index (χ0v) is 13.3. The second kappa shape index (κ2) is 7.28. The van der Waals surface area contributed by atoms with E-state index in [4.69, 9.17) is 4.74 Å². The van der Waals surface area contributed by atoms with Crippen molar-refractivity contribution in [3.05, 3.63) is 29.8 Å². The van der Waals surface area contributed by atoms with Crippen molar-refractivity contribution in [3.8, 4) is 5.75 Å². The third kappa shape index (κ3) is 5.01. The van der Waals surface area contributed by atoms with Crippen LogP contribution in [0.1, 0.15) is 24.8 Å². The van der Waals surface area contributed by atoms with Crippen LogP contribution in [0.5, 0.6) is 5.75 Å². The largest absolute Gasteiger partial charge is 0.493 e. The first-order valence-corrected chi connectivity index (χ1v) is 8.42. The lowest BCUT2D eigenvalue weighted by Crippen LogP contribution is -2.44. The number of piperazine rings is 1. The SMILES string of the molecule is CN1CCN(CCCc2cccc(OCC3CC3)c2)CC1. The monoisotopic (exact) mass is 288 g/mol. The molecular weight excluding hydrogens is 260 g/mol. The summed E-state index contributed by atoms with van der Waals surface area (Å²) in [6, 6.07) is 8.68. The Balaban J connectivity index is 1.38. The van der Waals surface area contributed by atoms with Crippen LogP contribution in [0.4, 0.5) is 0 Å². The summed E-state index contributed by atoms with van der Waals surface area (Å²) in [5.41, 5.74) is 1.41. The molecule has 0 unspecified atom stereocenters. The van der Waals surface area contributed by atoms with Crippen LogP contribution in [0.15, 0.2) is 24.3 Å². The minimum atomic E-state index is 0.825. The maximum Gasteiger partial charge on any atom is 0.119 e. The topological polar surface area (TPSA) is 15.7 Å². The molecule has 3 rings (SSSR count). The van der Waals surface area contributed by atoms with Gasteiger partial charge in [0.25, 0.3) is 0 Å². The Labute approximate surface area is 128 Å². The number of rotatable bonds is 7. The summed E-state index contributed by atoms with van der Waals surface area (Å²) in [4.78, 5) is 5.00. The lowest BCUT2D eigenvalue weighted by atomic mass is 10.1. The number of hydrogen-bond donors (Lipinski definition) is 0. The first-order chi connectivity index (χ1) is 10.3. The molecule has 0 aromatic heterocycles. The Morgan fingerprint density at radius 1 is 1.14 bits per heavy atom. The van der Waals surface area contributed by atoms with Gasteiger partial charge in [0, 0.05) is 26.2 Å². The molecule has 3 nitrogen and oxygen atoms in total. The predicted molar refractivity (Wildman–Crippen MR) is 86.9 cm³/mol. The van der Waals surface area contributed by atoms with Crippen molar-refractivity contribution < 1.29 is 4.74 Å². The lowest BCUT2D eigenvalue weighted by molar-refractivity contribution is 0.153. The van der Waals surface area contributed by atoms with E-state index >= 15 is 0 Å². The van der Waals surface area contributed by atoms with Crippen LogP contribution < -0.4 is 4.74 Å². The van der Waals surface area contributed by atoms with Gasteiger partial charge >= 0.3 is 0 Å². The molecule has 3 heteroatoms. The first kappa shape index (κ1) is 14.9. The summed E-state index contributed by atoms with van der Waals surface area (Å²) < 4.78 is 5.86. The van der Waals surface area contributed by atoms with Gasteiger partial charge in [-0.2, -0.15) is 0 Å². The van der Waals surface area contributed by atoms with E-state index in [2.05, 4.69) is 41.1 Å². The van der Waals surface area contributed by atoms with Crippen LogP contribution in [0.25, 0.3) is 0 Å². The summed E-state index contributed by atoms with van der Waals surface area (Å²) in [5, 5.41) is 0. The third-order valence-electron chi connectivity index (χ3n) is 4.62. The number of aryl methyl sites for hydroxylation is 1. The van der Waals surface area contributed by atoms with Gasteiger partial charge in [-0.15, -0.1) is 0 Å². The average molecular weight is 288 g/mol. The fraction of sp³-hybridized carbons (Fsp3) is 0.667. The molecule has 0 bridgehead atoms. The van der Waals surface area contributed by atoms with Crippen molar-refractivity contribution in [3.63, 3.8) is 0 Å². The summed E-state index contributed by atoms with van der Waals surface area (Å²) in [7, 11) is 2.21. The van der Waals surface area contributed by atoms with Crippen molar-refractivity contribution in [2.75, 3.05) is 46.4 Å². The van der Waals surface area contributed by atoms with Gasteiger partial charge in [0.2, 0.25) is 0 Å². The maximum absolute atomic E-state index is 5.86. The maximum atomic E-state index is 5.86. The van der Waals surface area contributed by atoms with Crippen LogP contribution in [0.3, 0.4) is 0 Å². The molecule has 1 aromatic rings. The van der Waals surface area contributed by atoms with Gasteiger partial charge in [-0.3, -0.25) is 0 Å². The highest BCUT2D eigenvalue weighted by atomic mass is 16.5. The van der Waals surface area contributed by atoms with E-state index in [0.717, 1.165) is 24.7 Å². The molecule has 1 saturated heterocycles. The quantitative estimate of drug-likeness (QED) is 0.767. The first-order valence-electron chi connectivity index (χ1n) is 8.42. The van der Waals surface area contributed by atoms with Crippen LogP contribution in [0, 0.1) is 5.92 Å². The summed E-state index contributed by atoms with van der Waals surface area (Å²) in [5.74, 6) is 1.88. The highest BCUT2D eigenvalue weighted by Crippen LogP contribution is 2.29. The highest BCUT2D eigenvalue weighted by molar-refractivity contribution is 5.28. The van der Waals surface area contributed by atoms with Crippen molar-refractivity contribution in [1.82, 2.24) is 9.80 Å². The predicted octanol–water partition coefficient (Wildman–Crippen LogP) is 2.66. The molecule has 1 saturated carbocycles. The molecule has 0 radical (unpaired) electrons. The Morgan fingerprint density at radius 3 is 2.71 bits per heavy atom. The second-order valence-electron chi connectivity index (χ2n) is 6.65. The van der Waals surface area contributed by atoms with E-state index in [1.54, 1.807) is 0 Å². The Bertz CT molecular complexity index is 437. The molecular formula is C18H28N2O. The van der Waals surface area contributed by atoms with Crippen molar-refractivity contribution in [2.24, 2.45) is 5.92 Å². The molecule has 1 aliphatic carbocycles. The van der Waals surface area contributed by atoms with Gasteiger partial charge in [0.05, 0.1) is 6.61 Å². The molecule has 1 aliphatic heterocycles. The van der Waals surface area contributed by atoms with E-state index in [0.29, 0.717) is 0 Å². The van der Waals surface area contributed by atoms with Crippen LogP contribution in [0.2, 0.25) is 0 Å². The summed E-state index contributed by atoms with van der Waals surface area (Å²) in [6.45, 7) is 7.00. The molecule has 0 amide bonds. The van der Waals surface area contributed by atoms with Gasteiger partial charge in [-0.25, -0.2) is 0 Å². The van der Waals surface area contributed by atoms with E-state index in [9.17, 15) is 0 Å². The number of ether oxygens (including phenoxy) is 1. The van der Waals surface area contributed by atoms with E-state index in [-0.39, 0.29) is 0 Å². The molecule has 0 N–H and O–H groups in total. The molecule has 116 valence electrons. The van der Waals surface area contributed by atoms with Crippen LogP contribution >= 0.6 is 0 Å². The Kier molecular flexibility index (Phi) is 5.15.